The van der Waals surface area contributed by atoms with Gasteiger partial charge < -0.3 is 14.4 Å². The maximum atomic E-state index is 12.7. The number of hydrogen-bond acceptors (Lipinski definition) is 4. The second kappa shape index (κ2) is 8.58. The molecule has 1 aromatic rings. The summed E-state index contributed by atoms with van der Waals surface area (Å²) < 4.78 is 34.9. The monoisotopic (exact) mass is 354 g/mol. The largest absolute Gasteiger partial charge is 0.434 e. The van der Waals surface area contributed by atoms with Gasteiger partial charge in [0.2, 0.25) is 0 Å². The molecule has 0 radical (unpaired) electrons. The van der Waals surface area contributed by atoms with Crippen molar-refractivity contribution in [1.82, 2.24) is 9.80 Å². The average Bonchev–Trinajstić information content (AvgIpc) is 2.63. The van der Waals surface area contributed by atoms with Crippen molar-refractivity contribution >= 4 is 5.91 Å². The molecule has 3 rings (SSSR count). The molecular weight excluding hydrogens is 330 g/mol. The number of alkyl halides is 2. The normalized spacial score (nSPS) is 20.0. The minimum Gasteiger partial charge on any atom is -0.434 e. The smallest absolute Gasteiger partial charge is 0.387 e. The number of halogens is 2. The molecule has 0 N–H and O–H groups in total. The van der Waals surface area contributed by atoms with E-state index in [1.165, 1.54) is 6.07 Å². The van der Waals surface area contributed by atoms with Gasteiger partial charge in [-0.3, -0.25) is 9.69 Å². The highest BCUT2D eigenvalue weighted by molar-refractivity contribution is 5.97. The summed E-state index contributed by atoms with van der Waals surface area (Å²) in [6.45, 7) is 2.92. The van der Waals surface area contributed by atoms with E-state index in [0.29, 0.717) is 19.0 Å². The summed E-state index contributed by atoms with van der Waals surface area (Å²) in [6.07, 6.45) is 1.86. The van der Waals surface area contributed by atoms with Crippen LogP contribution in [0.25, 0.3) is 0 Å². The highest BCUT2D eigenvalue weighted by Gasteiger charge is 2.27. The van der Waals surface area contributed by atoms with Crippen molar-refractivity contribution in [2.24, 2.45) is 5.92 Å². The lowest BCUT2D eigenvalue weighted by Gasteiger charge is -2.36. The topological polar surface area (TPSA) is 42.0 Å². The Bertz CT molecular complexity index is 571. The number of amides is 1. The first-order valence-corrected chi connectivity index (χ1v) is 8.76. The number of morpholine rings is 1. The fraction of sp³-hybridized carbons (Fsp3) is 0.611. The van der Waals surface area contributed by atoms with E-state index in [1.54, 1.807) is 23.1 Å². The summed E-state index contributed by atoms with van der Waals surface area (Å²) >= 11 is 0. The average molecular weight is 354 g/mol. The molecule has 138 valence electrons. The SMILES string of the molecule is O=C(c1ccccc1OC(F)F)N1CCC(CN2CCOCC2)CC1. The maximum Gasteiger partial charge on any atom is 0.387 e. The van der Waals surface area contributed by atoms with Gasteiger partial charge in [0.15, 0.2) is 0 Å². The highest BCUT2D eigenvalue weighted by atomic mass is 19.3. The van der Waals surface area contributed by atoms with Crippen LogP contribution in [-0.4, -0.2) is 68.3 Å². The van der Waals surface area contributed by atoms with Crippen molar-refractivity contribution in [3.8, 4) is 5.75 Å². The van der Waals surface area contributed by atoms with Crippen molar-refractivity contribution < 1.29 is 23.0 Å². The fourth-order valence-corrected chi connectivity index (χ4v) is 3.48. The maximum absolute atomic E-state index is 12.7. The standard InChI is InChI=1S/C18H24F2N2O3/c19-18(20)25-16-4-2-1-3-15(16)17(23)22-7-5-14(6-8-22)13-21-9-11-24-12-10-21/h1-4,14,18H,5-13H2. The van der Waals surface area contributed by atoms with Gasteiger partial charge in [-0.15, -0.1) is 0 Å². The number of carbonyl (C=O) groups is 1. The molecule has 2 aliphatic rings. The molecule has 0 saturated carbocycles. The summed E-state index contributed by atoms with van der Waals surface area (Å²) in [6, 6.07) is 6.20. The lowest BCUT2D eigenvalue weighted by Crippen LogP contribution is -2.44. The third-order valence-electron chi connectivity index (χ3n) is 4.86. The first kappa shape index (κ1) is 18.1. The number of piperidine rings is 1. The number of ether oxygens (including phenoxy) is 2. The number of likely N-dealkylation sites (tertiary alicyclic amines) is 1. The Balaban J connectivity index is 1.55. The number of nitrogens with zero attached hydrogens (tertiary/aromatic N) is 2. The van der Waals surface area contributed by atoms with Crippen LogP contribution >= 0.6 is 0 Å². The minimum atomic E-state index is -2.94. The third-order valence-corrected chi connectivity index (χ3v) is 4.86. The first-order chi connectivity index (χ1) is 12.1. The van der Waals surface area contributed by atoms with Gasteiger partial charge in [0, 0.05) is 32.7 Å². The zero-order valence-electron chi connectivity index (χ0n) is 14.2. The Morgan fingerprint density at radius 2 is 1.84 bits per heavy atom. The Hall–Kier alpha value is -1.73. The van der Waals surface area contributed by atoms with E-state index in [4.69, 9.17) is 4.74 Å². The summed E-state index contributed by atoms with van der Waals surface area (Å²) in [5.74, 6) is 0.272. The van der Waals surface area contributed by atoms with Crippen molar-refractivity contribution in [3.05, 3.63) is 29.8 Å². The van der Waals surface area contributed by atoms with Crippen molar-refractivity contribution in [2.45, 2.75) is 19.5 Å². The molecule has 2 aliphatic heterocycles. The lowest BCUT2D eigenvalue weighted by atomic mass is 9.95. The molecule has 0 aromatic heterocycles. The Kier molecular flexibility index (Phi) is 6.20. The molecule has 1 amide bonds. The van der Waals surface area contributed by atoms with Gasteiger partial charge in [-0.1, -0.05) is 12.1 Å². The summed E-state index contributed by atoms with van der Waals surface area (Å²) in [4.78, 5) is 16.8. The zero-order chi connectivity index (χ0) is 17.6. The Morgan fingerprint density at radius 1 is 1.16 bits per heavy atom. The Morgan fingerprint density at radius 3 is 2.52 bits per heavy atom. The van der Waals surface area contributed by atoms with E-state index in [9.17, 15) is 13.6 Å². The van der Waals surface area contributed by atoms with E-state index in [2.05, 4.69) is 9.64 Å². The van der Waals surface area contributed by atoms with Crippen LogP contribution in [0.5, 0.6) is 5.75 Å². The number of carbonyl (C=O) groups excluding carboxylic acids is 1. The molecule has 5 nitrogen and oxygen atoms in total. The van der Waals surface area contributed by atoms with E-state index >= 15 is 0 Å². The van der Waals surface area contributed by atoms with Crippen LogP contribution in [0.1, 0.15) is 23.2 Å². The molecule has 0 spiro atoms. The van der Waals surface area contributed by atoms with Crippen molar-refractivity contribution in [1.29, 1.82) is 0 Å². The quantitative estimate of drug-likeness (QED) is 0.815. The second-order valence-electron chi connectivity index (χ2n) is 6.52. The van der Waals surface area contributed by atoms with Gasteiger partial charge in [-0.05, 0) is 30.9 Å². The lowest BCUT2D eigenvalue weighted by molar-refractivity contribution is -0.0503. The molecule has 0 atom stereocenters. The zero-order valence-corrected chi connectivity index (χ0v) is 14.2. The van der Waals surface area contributed by atoms with Crippen LogP contribution in [0.15, 0.2) is 24.3 Å². The number of rotatable bonds is 5. The van der Waals surface area contributed by atoms with Gasteiger partial charge in [-0.25, -0.2) is 0 Å². The molecular formula is C18H24F2N2O3. The van der Waals surface area contributed by atoms with E-state index in [1.807, 2.05) is 0 Å². The van der Waals surface area contributed by atoms with E-state index in [0.717, 1.165) is 45.7 Å². The van der Waals surface area contributed by atoms with Crippen molar-refractivity contribution in [2.75, 3.05) is 45.9 Å². The van der Waals surface area contributed by atoms with E-state index < -0.39 is 6.61 Å². The molecule has 0 aliphatic carbocycles. The number of benzene rings is 1. The molecule has 7 heteroatoms. The Labute approximate surface area is 146 Å². The van der Waals surface area contributed by atoms with Crippen LogP contribution < -0.4 is 4.74 Å². The predicted molar refractivity (Wildman–Crippen MR) is 89.0 cm³/mol. The minimum absolute atomic E-state index is 0.0575. The molecule has 0 bridgehead atoms. The summed E-state index contributed by atoms with van der Waals surface area (Å²) in [7, 11) is 0. The number of hydrogen-bond donors (Lipinski definition) is 0. The third kappa shape index (κ3) is 4.89. The first-order valence-electron chi connectivity index (χ1n) is 8.76. The van der Waals surface area contributed by atoms with Gasteiger partial charge in [0.1, 0.15) is 5.75 Å². The van der Waals surface area contributed by atoms with Crippen molar-refractivity contribution in [3.63, 3.8) is 0 Å². The summed E-state index contributed by atoms with van der Waals surface area (Å²) in [5, 5.41) is 0. The summed E-state index contributed by atoms with van der Waals surface area (Å²) in [5.41, 5.74) is 0.203. The van der Waals surface area contributed by atoms with Gasteiger partial charge in [0.25, 0.3) is 5.91 Å². The predicted octanol–water partition coefficient (Wildman–Crippen LogP) is 2.47. The van der Waals surface area contributed by atoms with Crippen LogP contribution in [0.2, 0.25) is 0 Å². The van der Waals surface area contributed by atoms with Gasteiger partial charge in [0.05, 0.1) is 18.8 Å². The molecule has 1 aromatic carbocycles. The molecule has 2 heterocycles. The van der Waals surface area contributed by atoms with Crippen LogP contribution in [0, 0.1) is 5.92 Å². The molecule has 0 unspecified atom stereocenters. The van der Waals surface area contributed by atoms with Crippen LogP contribution in [0.4, 0.5) is 8.78 Å². The highest BCUT2D eigenvalue weighted by Crippen LogP contribution is 2.25. The van der Waals surface area contributed by atoms with Gasteiger partial charge >= 0.3 is 6.61 Å². The van der Waals surface area contributed by atoms with Crippen LogP contribution in [0.3, 0.4) is 0 Å². The molecule has 2 saturated heterocycles. The number of para-hydroxylation sites is 1. The fourth-order valence-electron chi connectivity index (χ4n) is 3.48. The van der Waals surface area contributed by atoms with Gasteiger partial charge in [-0.2, -0.15) is 8.78 Å². The second-order valence-corrected chi connectivity index (χ2v) is 6.52. The molecule has 25 heavy (non-hydrogen) atoms. The van der Waals surface area contributed by atoms with Crippen LogP contribution in [-0.2, 0) is 4.74 Å². The molecule has 2 fully saturated rings. The van der Waals surface area contributed by atoms with E-state index in [-0.39, 0.29) is 17.2 Å².